The van der Waals surface area contributed by atoms with Crippen molar-refractivity contribution in [3.63, 3.8) is 0 Å². The van der Waals surface area contributed by atoms with E-state index < -0.39 is 5.97 Å². The number of ether oxygens (including phenoxy) is 2. The highest BCUT2D eigenvalue weighted by Crippen LogP contribution is 2.27. The maximum atomic E-state index is 12.2. The molecule has 25 heavy (non-hydrogen) atoms. The molecule has 4 nitrogen and oxygen atoms in total. The summed E-state index contributed by atoms with van der Waals surface area (Å²) in [7, 11) is 0. The van der Waals surface area contributed by atoms with Crippen LogP contribution in [0.1, 0.15) is 22.3 Å². The summed E-state index contributed by atoms with van der Waals surface area (Å²) in [6, 6.07) is 13.7. The number of nitrogens with zero attached hydrogens (tertiary/aromatic N) is 1. The molecule has 4 heteroatoms. The molecule has 0 amide bonds. The van der Waals surface area contributed by atoms with E-state index in [-0.39, 0.29) is 0 Å². The fraction of sp³-hybridized carbons (Fsp3) is 0.143. The molecule has 0 atom stereocenters. The van der Waals surface area contributed by atoms with Gasteiger partial charge in [0.2, 0.25) is 5.90 Å². The first-order valence-electron chi connectivity index (χ1n) is 8.13. The molecule has 0 spiro atoms. The molecule has 0 aliphatic carbocycles. The molecule has 0 saturated heterocycles. The van der Waals surface area contributed by atoms with Crippen molar-refractivity contribution in [3.05, 3.63) is 82.1 Å². The lowest BCUT2D eigenvalue weighted by Gasteiger charge is -2.15. The number of hydrogen-bond donors (Lipinski definition) is 0. The molecular weight excluding hydrogens is 314 g/mol. The molecule has 124 valence electrons. The molecule has 2 aliphatic rings. The van der Waals surface area contributed by atoms with Crippen molar-refractivity contribution in [2.24, 2.45) is 4.99 Å². The Kier molecular flexibility index (Phi) is 3.73. The van der Waals surface area contributed by atoms with Gasteiger partial charge in [0.05, 0.1) is 0 Å². The maximum Gasteiger partial charge on any atom is 0.363 e. The zero-order chi connectivity index (χ0) is 17.4. The smallest absolute Gasteiger partial charge is 0.363 e. The number of cyclic esters (lactones) is 1. The van der Waals surface area contributed by atoms with Gasteiger partial charge in [-0.1, -0.05) is 24.3 Å². The van der Waals surface area contributed by atoms with E-state index in [9.17, 15) is 4.79 Å². The second kappa shape index (κ2) is 6.06. The number of rotatable bonds is 2. The van der Waals surface area contributed by atoms with Gasteiger partial charge in [-0.3, -0.25) is 0 Å². The summed E-state index contributed by atoms with van der Waals surface area (Å²) < 4.78 is 11.0. The number of benzene rings is 2. The van der Waals surface area contributed by atoms with Crippen molar-refractivity contribution in [1.29, 1.82) is 0 Å². The largest absolute Gasteiger partial charge is 0.488 e. The molecule has 2 aliphatic heterocycles. The normalized spacial score (nSPS) is 17.5. The van der Waals surface area contributed by atoms with Gasteiger partial charge in [0.15, 0.2) is 5.70 Å². The average molecular weight is 331 g/mol. The molecule has 2 aromatic carbocycles. The minimum Gasteiger partial charge on any atom is -0.488 e. The number of esters is 1. The van der Waals surface area contributed by atoms with E-state index >= 15 is 0 Å². The molecule has 0 N–H and O–H groups in total. The van der Waals surface area contributed by atoms with Gasteiger partial charge in [-0.2, -0.15) is 0 Å². The van der Waals surface area contributed by atoms with Crippen LogP contribution in [0, 0.1) is 13.8 Å². The summed E-state index contributed by atoms with van der Waals surface area (Å²) in [6.07, 6.45) is 3.73. The van der Waals surface area contributed by atoms with E-state index in [0.717, 1.165) is 28.0 Å². The molecule has 0 unspecified atom stereocenters. The first-order valence-corrected chi connectivity index (χ1v) is 8.13. The number of para-hydroxylation sites is 1. The molecule has 0 aromatic heterocycles. The maximum absolute atomic E-state index is 12.2. The van der Waals surface area contributed by atoms with Gasteiger partial charge in [0.25, 0.3) is 0 Å². The van der Waals surface area contributed by atoms with Gasteiger partial charge in [-0.05, 0) is 60.9 Å². The summed E-state index contributed by atoms with van der Waals surface area (Å²) in [4.78, 5) is 16.5. The Labute approximate surface area is 146 Å². The van der Waals surface area contributed by atoms with Gasteiger partial charge in [0, 0.05) is 11.1 Å². The lowest BCUT2D eigenvalue weighted by Crippen LogP contribution is -2.08. The summed E-state index contributed by atoms with van der Waals surface area (Å²) in [6.45, 7) is 4.47. The van der Waals surface area contributed by atoms with Crippen LogP contribution < -0.4 is 4.74 Å². The molecule has 4 rings (SSSR count). The third kappa shape index (κ3) is 2.98. The van der Waals surface area contributed by atoms with E-state index in [0.29, 0.717) is 18.2 Å². The van der Waals surface area contributed by atoms with Crippen LogP contribution in [0.2, 0.25) is 0 Å². The number of carbonyl (C=O) groups is 1. The lowest BCUT2D eigenvalue weighted by atomic mass is 10.1. The highest BCUT2D eigenvalue weighted by Gasteiger charge is 2.25. The predicted octanol–water partition coefficient (Wildman–Crippen LogP) is 3.97. The van der Waals surface area contributed by atoms with E-state index in [1.54, 1.807) is 6.08 Å². The number of fused-ring (bicyclic) bond motifs is 1. The van der Waals surface area contributed by atoms with Gasteiger partial charge in [-0.15, -0.1) is 0 Å². The molecule has 0 fully saturated rings. The molecular formula is C21H17NO3. The van der Waals surface area contributed by atoms with Gasteiger partial charge < -0.3 is 9.47 Å². The van der Waals surface area contributed by atoms with E-state index in [4.69, 9.17) is 9.47 Å². The Morgan fingerprint density at radius 3 is 2.76 bits per heavy atom. The Bertz CT molecular complexity index is 967. The van der Waals surface area contributed by atoms with Crippen molar-refractivity contribution in [2.75, 3.05) is 6.61 Å². The fourth-order valence-electron chi connectivity index (χ4n) is 2.80. The van der Waals surface area contributed by atoms with Crippen molar-refractivity contribution < 1.29 is 14.3 Å². The van der Waals surface area contributed by atoms with Crippen LogP contribution >= 0.6 is 0 Å². The van der Waals surface area contributed by atoms with Gasteiger partial charge >= 0.3 is 5.97 Å². The van der Waals surface area contributed by atoms with E-state index in [1.165, 1.54) is 5.56 Å². The zero-order valence-corrected chi connectivity index (χ0v) is 14.1. The third-order valence-corrected chi connectivity index (χ3v) is 4.35. The van der Waals surface area contributed by atoms with E-state index in [1.807, 2.05) is 62.4 Å². The summed E-state index contributed by atoms with van der Waals surface area (Å²) in [5, 5.41) is 0. The highest BCUT2D eigenvalue weighted by molar-refractivity contribution is 6.11. The monoisotopic (exact) mass is 331 g/mol. The quantitative estimate of drug-likeness (QED) is 0.618. The number of aliphatic imine (C=N–C) groups is 1. The van der Waals surface area contributed by atoms with Crippen molar-refractivity contribution in [1.82, 2.24) is 0 Å². The molecule has 0 radical (unpaired) electrons. The minimum absolute atomic E-state index is 0.294. The second-order valence-electron chi connectivity index (χ2n) is 6.18. The van der Waals surface area contributed by atoms with Crippen LogP contribution in [0.4, 0.5) is 0 Å². The van der Waals surface area contributed by atoms with Crippen LogP contribution in [0.3, 0.4) is 0 Å². The second-order valence-corrected chi connectivity index (χ2v) is 6.18. The first kappa shape index (κ1) is 15.4. The minimum atomic E-state index is -0.437. The van der Waals surface area contributed by atoms with Crippen molar-refractivity contribution in [3.8, 4) is 5.75 Å². The summed E-state index contributed by atoms with van der Waals surface area (Å²) in [5.41, 5.74) is 5.30. The van der Waals surface area contributed by atoms with Crippen molar-refractivity contribution >= 4 is 17.9 Å². The number of carbonyl (C=O) groups excluding carboxylic acids is 1. The third-order valence-electron chi connectivity index (χ3n) is 4.35. The van der Waals surface area contributed by atoms with Crippen LogP contribution in [0.5, 0.6) is 5.75 Å². The van der Waals surface area contributed by atoms with Crippen molar-refractivity contribution in [2.45, 2.75) is 13.8 Å². The molecule has 2 heterocycles. The standard InChI is InChI=1S/C21H17NO3/c1-13-7-8-17(9-14(13)2)20-22-18(21(23)25-20)11-15-10-16-5-3-4-6-19(16)24-12-15/h3-11H,12H2,1-2H3/b18-11+. The SMILES string of the molecule is Cc1ccc(C2=N/C(=C/C3=Cc4ccccc4OC3)C(=O)O2)cc1C. The van der Waals surface area contributed by atoms with Crippen LogP contribution in [0.25, 0.3) is 6.08 Å². The van der Waals surface area contributed by atoms with Crippen LogP contribution in [-0.2, 0) is 9.53 Å². The van der Waals surface area contributed by atoms with Gasteiger partial charge in [0.1, 0.15) is 12.4 Å². The summed E-state index contributed by atoms with van der Waals surface area (Å²) >= 11 is 0. The number of hydrogen-bond acceptors (Lipinski definition) is 4. The average Bonchev–Trinajstić information content (AvgIpc) is 2.98. The van der Waals surface area contributed by atoms with Crippen LogP contribution in [-0.4, -0.2) is 18.5 Å². The molecule has 0 saturated carbocycles. The zero-order valence-electron chi connectivity index (χ0n) is 14.1. The predicted molar refractivity (Wildman–Crippen MR) is 96.5 cm³/mol. The fourth-order valence-corrected chi connectivity index (χ4v) is 2.80. The Hall–Kier alpha value is -3.14. The Morgan fingerprint density at radius 2 is 1.92 bits per heavy atom. The Balaban J connectivity index is 1.65. The number of aryl methyl sites for hydroxylation is 2. The molecule has 2 aromatic rings. The first-order chi connectivity index (χ1) is 12.1. The van der Waals surface area contributed by atoms with E-state index in [2.05, 4.69) is 4.99 Å². The Morgan fingerprint density at radius 1 is 1.08 bits per heavy atom. The molecule has 0 bridgehead atoms. The highest BCUT2D eigenvalue weighted by atomic mass is 16.6. The lowest BCUT2D eigenvalue weighted by molar-refractivity contribution is -0.130. The van der Waals surface area contributed by atoms with Crippen LogP contribution in [0.15, 0.2) is 64.8 Å². The van der Waals surface area contributed by atoms with Gasteiger partial charge in [-0.25, -0.2) is 9.79 Å². The topological polar surface area (TPSA) is 47.9 Å². The summed E-state index contributed by atoms with van der Waals surface area (Å²) in [5.74, 6) is 0.753.